The molecule has 7 nitrogen and oxygen atoms in total. The number of unbranched alkanes of at least 4 members (excludes halogenated alkanes) is 1. The summed E-state index contributed by atoms with van der Waals surface area (Å²) in [5.74, 6) is 0.800. The SMILES string of the molecule is CCCCN1CCC1.COc1c(-c2ccc(-c3ccc(C)cc3)cc2)nc2ccncc2c1C.O=CNO. The molecular weight excluding hydrogens is 476 g/mol. The lowest BCUT2D eigenvalue weighted by Crippen LogP contribution is -2.37. The molecular formula is C31H38N4O3. The normalized spacial score (nSPS) is 12.3. The Hall–Kier alpha value is -3.81. The van der Waals surface area contributed by atoms with E-state index in [0.29, 0.717) is 0 Å². The molecule has 7 heteroatoms. The first-order valence-electron chi connectivity index (χ1n) is 13.0. The first-order chi connectivity index (χ1) is 18.5. The van der Waals surface area contributed by atoms with Gasteiger partial charge in [-0.1, -0.05) is 67.4 Å². The number of hydrogen-bond donors (Lipinski definition) is 2. The number of carbonyl (C=O) groups excluding carboxylic acids is 1. The summed E-state index contributed by atoms with van der Waals surface area (Å²) in [6, 6.07) is 19.0. The molecule has 1 aliphatic rings. The number of methoxy groups -OCH3 is 1. The zero-order valence-electron chi connectivity index (χ0n) is 22.8. The highest BCUT2D eigenvalue weighted by Crippen LogP contribution is 2.36. The van der Waals surface area contributed by atoms with Crippen molar-refractivity contribution in [2.45, 2.75) is 40.0 Å². The van der Waals surface area contributed by atoms with E-state index >= 15 is 0 Å². The number of nitrogens with one attached hydrogen (secondary N) is 1. The van der Waals surface area contributed by atoms with Gasteiger partial charge in [0.15, 0.2) is 0 Å². The average Bonchev–Trinajstić information content (AvgIpc) is 2.93. The minimum atomic E-state index is 0.181. The largest absolute Gasteiger partial charge is 0.494 e. The number of nitrogens with zero attached hydrogens (tertiary/aromatic N) is 3. The van der Waals surface area contributed by atoms with Crippen LogP contribution in [0.25, 0.3) is 33.3 Å². The summed E-state index contributed by atoms with van der Waals surface area (Å²) in [5, 5.41) is 8.27. The maximum absolute atomic E-state index is 8.81. The molecule has 3 heterocycles. The fraction of sp³-hybridized carbons (Fsp3) is 0.323. The molecule has 5 rings (SSSR count). The third-order valence-corrected chi connectivity index (χ3v) is 6.57. The summed E-state index contributed by atoms with van der Waals surface area (Å²) < 4.78 is 5.68. The minimum Gasteiger partial charge on any atom is -0.494 e. The van der Waals surface area contributed by atoms with Crippen LogP contribution in [-0.4, -0.2) is 53.2 Å². The van der Waals surface area contributed by atoms with Crippen molar-refractivity contribution >= 4 is 17.3 Å². The second-order valence-electron chi connectivity index (χ2n) is 9.25. The third-order valence-electron chi connectivity index (χ3n) is 6.57. The molecule has 4 aromatic rings. The number of hydrogen-bond acceptors (Lipinski definition) is 6. The highest BCUT2D eigenvalue weighted by atomic mass is 16.5. The summed E-state index contributed by atoms with van der Waals surface area (Å²) in [7, 11) is 1.69. The Morgan fingerprint density at radius 2 is 1.61 bits per heavy atom. The van der Waals surface area contributed by atoms with Crippen molar-refractivity contribution in [1.29, 1.82) is 0 Å². The topological polar surface area (TPSA) is 87.6 Å². The van der Waals surface area contributed by atoms with E-state index in [-0.39, 0.29) is 6.41 Å². The second-order valence-corrected chi connectivity index (χ2v) is 9.25. The monoisotopic (exact) mass is 514 g/mol. The maximum Gasteiger partial charge on any atom is 0.230 e. The number of fused-ring (bicyclic) bond motifs is 1. The molecule has 1 saturated heterocycles. The number of hydroxylamine groups is 1. The number of amides is 1. The number of aryl methyl sites for hydroxylation is 2. The quantitative estimate of drug-likeness (QED) is 0.173. The van der Waals surface area contributed by atoms with Crippen LogP contribution in [0.1, 0.15) is 37.3 Å². The molecule has 2 aromatic carbocycles. The van der Waals surface area contributed by atoms with Crippen LogP contribution in [0.15, 0.2) is 67.0 Å². The van der Waals surface area contributed by atoms with E-state index in [1.165, 1.54) is 61.1 Å². The molecule has 38 heavy (non-hydrogen) atoms. The molecule has 0 spiro atoms. The van der Waals surface area contributed by atoms with E-state index in [4.69, 9.17) is 19.7 Å². The van der Waals surface area contributed by atoms with Gasteiger partial charge in [-0.05, 0) is 63.5 Å². The Morgan fingerprint density at radius 1 is 1.00 bits per heavy atom. The number of rotatable bonds is 7. The molecule has 0 unspecified atom stereocenters. The third kappa shape index (κ3) is 7.60. The Kier molecular flexibility index (Phi) is 11.2. The van der Waals surface area contributed by atoms with E-state index in [1.807, 2.05) is 12.3 Å². The summed E-state index contributed by atoms with van der Waals surface area (Å²) >= 11 is 0. The van der Waals surface area contributed by atoms with Crippen LogP contribution in [0, 0.1) is 13.8 Å². The molecule has 0 radical (unpaired) electrons. The minimum absolute atomic E-state index is 0.181. The van der Waals surface area contributed by atoms with Gasteiger partial charge in [0.25, 0.3) is 0 Å². The lowest BCUT2D eigenvalue weighted by atomic mass is 10.00. The fourth-order valence-electron chi connectivity index (χ4n) is 4.24. The van der Waals surface area contributed by atoms with Crippen molar-refractivity contribution in [2.75, 3.05) is 26.7 Å². The van der Waals surface area contributed by atoms with Gasteiger partial charge in [0.05, 0.1) is 12.6 Å². The van der Waals surface area contributed by atoms with Gasteiger partial charge in [-0.15, -0.1) is 0 Å². The molecule has 1 aliphatic heterocycles. The van der Waals surface area contributed by atoms with E-state index in [1.54, 1.807) is 13.3 Å². The standard InChI is InChI=1S/C23H20N2O.C7H15N.CH3NO2/c1-15-4-6-17(7-5-15)18-8-10-19(11-9-18)22-23(26-3)16(2)20-14-24-13-12-21(20)25-22;1-2-3-5-8-6-4-7-8;3-1-2-4/h4-14H,1-3H3;2-7H2,1H3;1,4H,(H,2,3). The van der Waals surface area contributed by atoms with Crippen LogP contribution >= 0.6 is 0 Å². The van der Waals surface area contributed by atoms with E-state index in [9.17, 15) is 0 Å². The Bertz CT molecular complexity index is 1290. The first-order valence-corrected chi connectivity index (χ1v) is 13.0. The number of ether oxygens (including phenoxy) is 1. The summed E-state index contributed by atoms with van der Waals surface area (Å²) in [4.78, 5) is 20.4. The van der Waals surface area contributed by atoms with Crippen LogP contribution in [0.5, 0.6) is 5.75 Å². The lowest BCUT2D eigenvalue weighted by Gasteiger charge is -2.30. The molecule has 1 fully saturated rings. The smallest absolute Gasteiger partial charge is 0.230 e. The van der Waals surface area contributed by atoms with E-state index in [0.717, 1.165) is 33.5 Å². The van der Waals surface area contributed by atoms with Crippen LogP contribution in [0.3, 0.4) is 0 Å². The Labute approximate surface area is 225 Å². The van der Waals surface area contributed by atoms with Gasteiger partial charge in [-0.3, -0.25) is 15.0 Å². The zero-order valence-corrected chi connectivity index (χ0v) is 22.8. The highest BCUT2D eigenvalue weighted by molar-refractivity contribution is 5.88. The van der Waals surface area contributed by atoms with Gasteiger partial charge < -0.3 is 9.64 Å². The Balaban J connectivity index is 0.000000277. The molecule has 0 atom stereocenters. The number of carbonyl (C=O) groups is 1. The van der Waals surface area contributed by atoms with Gasteiger partial charge in [-0.25, -0.2) is 10.5 Å². The van der Waals surface area contributed by atoms with Crippen molar-refractivity contribution in [1.82, 2.24) is 20.3 Å². The molecule has 2 N–H and O–H groups in total. The van der Waals surface area contributed by atoms with Crippen LogP contribution in [0.2, 0.25) is 0 Å². The van der Waals surface area contributed by atoms with Crippen LogP contribution in [-0.2, 0) is 4.79 Å². The number of aromatic nitrogens is 2. The fourth-order valence-corrected chi connectivity index (χ4v) is 4.24. The molecule has 200 valence electrons. The van der Waals surface area contributed by atoms with E-state index in [2.05, 4.69) is 79.2 Å². The van der Waals surface area contributed by atoms with Gasteiger partial charge >= 0.3 is 0 Å². The average molecular weight is 515 g/mol. The van der Waals surface area contributed by atoms with Crippen molar-refractivity contribution in [3.8, 4) is 28.1 Å². The molecule has 1 amide bonds. The molecule has 0 saturated carbocycles. The summed E-state index contributed by atoms with van der Waals surface area (Å²) in [6.07, 6.45) is 7.95. The van der Waals surface area contributed by atoms with Crippen molar-refractivity contribution < 1.29 is 14.7 Å². The predicted molar refractivity (Wildman–Crippen MR) is 153 cm³/mol. The Morgan fingerprint density at radius 3 is 2.13 bits per heavy atom. The number of likely N-dealkylation sites (tertiary alicyclic amines) is 1. The lowest BCUT2D eigenvalue weighted by molar-refractivity contribution is -0.116. The van der Waals surface area contributed by atoms with Crippen LogP contribution in [0.4, 0.5) is 0 Å². The highest BCUT2D eigenvalue weighted by Gasteiger charge is 2.15. The van der Waals surface area contributed by atoms with Gasteiger partial charge in [0.1, 0.15) is 11.4 Å². The van der Waals surface area contributed by atoms with E-state index < -0.39 is 0 Å². The molecule has 0 bridgehead atoms. The molecule has 0 aliphatic carbocycles. The molecule has 2 aromatic heterocycles. The van der Waals surface area contributed by atoms with Crippen molar-refractivity contribution in [3.63, 3.8) is 0 Å². The van der Waals surface area contributed by atoms with Crippen molar-refractivity contribution in [2.24, 2.45) is 0 Å². The number of pyridine rings is 2. The first kappa shape index (κ1) is 28.8. The maximum atomic E-state index is 8.81. The van der Waals surface area contributed by atoms with Gasteiger partial charge in [0, 0.05) is 28.9 Å². The summed E-state index contributed by atoms with van der Waals surface area (Å²) in [5.41, 5.74) is 8.80. The van der Waals surface area contributed by atoms with Gasteiger partial charge in [0.2, 0.25) is 6.41 Å². The predicted octanol–water partition coefficient (Wildman–Crippen LogP) is 6.20. The van der Waals surface area contributed by atoms with Gasteiger partial charge in [-0.2, -0.15) is 0 Å². The summed E-state index contributed by atoms with van der Waals surface area (Å²) in [6.45, 7) is 10.5. The second kappa shape index (κ2) is 14.8. The van der Waals surface area contributed by atoms with Crippen LogP contribution < -0.4 is 10.2 Å². The number of benzene rings is 2. The van der Waals surface area contributed by atoms with Crippen molar-refractivity contribution in [3.05, 3.63) is 78.1 Å². The zero-order chi connectivity index (χ0) is 27.3.